The van der Waals surface area contributed by atoms with E-state index in [-0.39, 0.29) is 11.9 Å². The quantitative estimate of drug-likeness (QED) is 0.756. The summed E-state index contributed by atoms with van der Waals surface area (Å²) in [5.41, 5.74) is 7.70. The fourth-order valence-corrected chi connectivity index (χ4v) is 1.78. The number of nitrogens with two attached hydrogens (primary N) is 1. The lowest BCUT2D eigenvalue weighted by molar-refractivity contribution is 0.0677. The fourth-order valence-electron chi connectivity index (χ4n) is 1.78. The summed E-state index contributed by atoms with van der Waals surface area (Å²) in [6.07, 6.45) is 0. The molecule has 84 valence electrons. The number of carboxylic acid groups (broad SMARTS) is 1. The Hall–Kier alpha value is -2.04. The van der Waals surface area contributed by atoms with Crippen LogP contribution in [0.25, 0.3) is 11.0 Å². The van der Waals surface area contributed by atoms with Crippen LogP contribution in [0, 0.1) is 0 Å². The Bertz CT molecular complexity index is 558. The third-order valence-electron chi connectivity index (χ3n) is 2.42. The zero-order chi connectivity index (χ0) is 11.9. The summed E-state index contributed by atoms with van der Waals surface area (Å²) in [6, 6.07) is 5.22. The molecule has 0 aliphatic heterocycles. The van der Waals surface area contributed by atoms with Gasteiger partial charge in [-0.2, -0.15) is 0 Å². The van der Waals surface area contributed by atoms with Gasteiger partial charge in [0.1, 0.15) is 0 Å². The molecule has 1 aromatic carbocycles. The lowest BCUT2D eigenvalue weighted by Crippen LogP contribution is -2.11. The van der Waals surface area contributed by atoms with Crippen molar-refractivity contribution in [3.05, 3.63) is 24.0 Å². The number of imidazole rings is 1. The second kappa shape index (κ2) is 3.52. The largest absolute Gasteiger partial charge is 0.475 e. The van der Waals surface area contributed by atoms with E-state index in [4.69, 9.17) is 10.8 Å². The third-order valence-corrected chi connectivity index (χ3v) is 2.42. The van der Waals surface area contributed by atoms with Crippen molar-refractivity contribution in [2.75, 3.05) is 5.73 Å². The third kappa shape index (κ3) is 1.50. The summed E-state index contributed by atoms with van der Waals surface area (Å²) in [5, 5.41) is 9.07. The van der Waals surface area contributed by atoms with Gasteiger partial charge in [-0.1, -0.05) is 0 Å². The molecule has 0 fully saturated rings. The van der Waals surface area contributed by atoms with Gasteiger partial charge in [0.25, 0.3) is 0 Å². The number of hydrogen-bond donors (Lipinski definition) is 2. The van der Waals surface area contributed by atoms with Crippen LogP contribution < -0.4 is 5.73 Å². The standard InChI is InChI=1S/C11H13N3O2/c1-6(2)14-9-5-7(12)3-4-8(9)13-10(14)11(15)16/h3-6H,12H2,1-2H3,(H,15,16). The van der Waals surface area contributed by atoms with Crippen LogP contribution >= 0.6 is 0 Å². The lowest BCUT2D eigenvalue weighted by Gasteiger charge is -2.10. The molecule has 5 heteroatoms. The molecule has 0 atom stereocenters. The molecule has 0 radical (unpaired) electrons. The summed E-state index contributed by atoms with van der Waals surface area (Å²) < 4.78 is 1.67. The number of aromatic carboxylic acids is 1. The summed E-state index contributed by atoms with van der Waals surface area (Å²) >= 11 is 0. The Balaban J connectivity index is 2.82. The highest BCUT2D eigenvalue weighted by molar-refractivity contribution is 5.90. The van der Waals surface area contributed by atoms with Crippen molar-refractivity contribution in [2.45, 2.75) is 19.9 Å². The Kier molecular flexibility index (Phi) is 2.30. The molecule has 0 saturated heterocycles. The molecule has 0 bridgehead atoms. The maximum Gasteiger partial charge on any atom is 0.372 e. The van der Waals surface area contributed by atoms with Crippen molar-refractivity contribution >= 4 is 22.7 Å². The fraction of sp³-hybridized carbons (Fsp3) is 0.273. The van der Waals surface area contributed by atoms with Crippen LogP contribution in [-0.2, 0) is 0 Å². The van der Waals surface area contributed by atoms with Gasteiger partial charge in [0.2, 0.25) is 5.82 Å². The van der Waals surface area contributed by atoms with Gasteiger partial charge in [-0.3, -0.25) is 0 Å². The molecule has 2 rings (SSSR count). The first-order valence-corrected chi connectivity index (χ1v) is 5.01. The number of anilines is 1. The van der Waals surface area contributed by atoms with Gasteiger partial charge < -0.3 is 15.4 Å². The monoisotopic (exact) mass is 219 g/mol. The Morgan fingerprint density at radius 1 is 1.50 bits per heavy atom. The molecule has 16 heavy (non-hydrogen) atoms. The summed E-state index contributed by atoms with van der Waals surface area (Å²) in [4.78, 5) is 15.1. The van der Waals surface area contributed by atoms with Crippen molar-refractivity contribution in [2.24, 2.45) is 0 Å². The first kappa shape index (κ1) is 10.5. The molecule has 0 amide bonds. The number of hydrogen-bond acceptors (Lipinski definition) is 3. The van der Waals surface area contributed by atoms with E-state index in [1.54, 1.807) is 22.8 Å². The second-order valence-corrected chi connectivity index (χ2v) is 3.95. The molecule has 0 spiro atoms. The van der Waals surface area contributed by atoms with E-state index < -0.39 is 5.97 Å². The summed E-state index contributed by atoms with van der Waals surface area (Å²) in [7, 11) is 0. The highest BCUT2D eigenvalue weighted by atomic mass is 16.4. The van der Waals surface area contributed by atoms with Crippen molar-refractivity contribution in [3.63, 3.8) is 0 Å². The van der Waals surface area contributed by atoms with E-state index in [0.717, 1.165) is 5.52 Å². The molecule has 0 aliphatic carbocycles. The highest BCUT2D eigenvalue weighted by Crippen LogP contribution is 2.23. The molecule has 3 N–H and O–H groups in total. The van der Waals surface area contributed by atoms with Gasteiger partial charge in [-0.05, 0) is 32.0 Å². The lowest BCUT2D eigenvalue weighted by atomic mass is 10.2. The number of nitrogens with zero attached hydrogens (tertiary/aromatic N) is 2. The van der Waals surface area contributed by atoms with E-state index in [0.29, 0.717) is 11.2 Å². The van der Waals surface area contributed by atoms with Gasteiger partial charge in [0, 0.05) is 11.7 Å². The minimum atomic E-state index is -1.02. The Morgan fingerprint density at radius 2 is 2.19 bits per heavy atom. The van der Waals surface area contributed by atoms with Crippen molar-refractivity contribution in [1.29, 1.82) is 0 Å². The molecule has 0 unspecified atom stereocenters. The molecule has 2 aromatic rings. The normalized spacial score (nSPS) is 11.2. The van der Waals surface area contributed by atoms with Gasteiger partial charge in [0.05, 0.1) is 11.0 Å². The number of carbonyl (C=O) groups is 1. The Morgan fingerprint density at radius 3 is 2.75 bits per heavy atom. The summed E-state index contributed by atoms with van der Waals surface area (Å²) in [5.74, 6) is -0.973. The number of aromatic nitrogens is 2. The minimum Gasteiger partial charge on any atom is -0.475 e. The SMILES string of the molecule is CC(C)n1c(C(=O)O)nc2ccc(N)cc21. The van der Waals surface area contributed by atoms with E-state index >= 15 is 0 Å². The van der Waals surface area contributed by atoms with E-state index in [9.17, 15) is 4.79 Å². The van der Waals surface area contributed by atoms with Crippen LogP contribution in [0.15, 0.2) is 18.2 Å². The summed E-state index contributed by atoms with van der Waals surface area (Å²) in [6.45, 7) is 3.83. The van der Waals surface area contributed by atoms with Gasteiger partial charge >= 0.3 is 5.97 Å². The second-order valence-electron chi connectivity index (χ2n) is 3.95. The predicted octanol–water partition coefficient (Wildman–Crippen LogP) is 1.90. The minimum absolute atomic E-state index is 0.0258. The molecular weight excluding hydrogens is 206 g/mol. The van der Waals surface area contributed by atoms with Gasteiger partial charge in [0.15, 0.2) is 0 Å². The smallest absolute Gasteiger partial charge is 0.372 e. The number of carboxylic acids is 1. The van der Waals surface area contributed by atoms with E-state index in [1.165, 1.54) is 0 Å². The first-order valence-electron chi connectivity index (χ1n) is 5.01. The highest BCUT2D eigenvalue weighted by Gasteiger charge is 2.18. The molecule has 0 saturated carbocycles. The Labute approximate surface area is 92.5 Å². The van der Waals surface area contributed by atoms with Gasteiger partial charge in [-0.25, -0.2) is 9.78 Å². The van der Waals surface area contributed by atoms with Gasteiger partial charge in [-0.15, -0.1) is 0 Å². The van der Waals surface area contributed by atoms with Crippen LogP contribution in [0.5, 0.6) is 0 Å². The predicted molar refractivity (Wildman–Crippen MR) is 61.5 cm³/mol. The van der Waals surface area contributed by atoms with Crippen molar-refractivity contribution in [3.8, 4) is 0 Å². The number of benzene rings is 1. The first-order chi connectivity index (χ1) is 7.50. The molecule has 1 aromatic heterocycles. The zero-order valence-corrected chi connectivity index (χ0v) is 9.14. The molecular formula is C11H13N3O2. The van der Waals surface area contributed by atoms with Crippen LogP contribution in [0.2, 0.25) is 0 Å². The van der Waals surface area contributed by atoms with E-state index in [2.05, 4.69) is 4.98 Å². The van der Waals surface area contributed by atoms with E-state index in [1.807, 2.05) is 13.8 Å². The van der Waals surface area contributed by atoms with Crippen LogP contribution in [0.3, 0.4) is 0 Å². The van der Waals surface area contributed by atoms with Crippen LogP contribution in [-0.4, -0.2) is 20.6 Å². The maximum atomic E-state index is 11.1. The van der Waals surface area contributed by atoms with Crippen LogP contribution in [0.4, 0.5) is 5.69 Å². The molecule has 0 aliphatic rings. The van der Waals surface area contributed by atoms with Crippen molar-refractivity contribution < 1.29 is 9.90 Å². The number of rotatable bonds is 2. The average molecular weight is 219 g/mol. The zero-order valence-electron chi connectivity index (χ0n) is 9.14. The molecule has 5 nitrogen and oxygen atoms in total. The maximum absolute atomic E-state index is 11.1. The molecule has 1 heterocycles. The number of nitrogen functional groups attached to an aromatic ring is 1. The van der Waals surface area contributed by atoms with Crippen molar-refractivity contribution in [1.82, 2.24) is 9.55 Å². The number of fused-ring (bicyclic) bond motifs is 1. The van der Waals surface area contributed by atoms with Crippen LogP contribution in [0.1, 0.15) is 30.5 Å². The average Bonchev–Trinajstić information content (AvgIpc) is 2.55. The topological polar surface area (TPSA) is 81.1 Å².